The van der Waals surface area contributed by atoms with E-state index in [1.165, 1.54) is 12.4 Å². The van der Waals surface area contributed by atoms with Crippen molar-refractivity contribution in [3.63, 3.8) is 0 Å². The highest BCUT2D eigenvalue weighted by molar-refractivity contribution is 5.06. The minimum atomic E-state index is -2.73. The van der Waals surface area contributed by atoms with Gasteiger partial charge in [0, 0.05) is 32.1 Å². The van der Waals surface area contributed by atoms with E-state index in [0.29, 0.717) is 12.1 Å². The van der Waals surface area contributed by atoms with Crippen molar-refractivity contribution in [1.82, 2.24) is 9.97 Å². The smallest absolute Gasteiger partial charge is 0.275 e. The Kier molecular flexibility index (Phi) is 7.57. The minimum absolute atomic E-state index is 0.110. The molecule has 138 valence electrons. The number of aromatic nitrogens is 2. The van der Waals surface area contributed by atoms with Crippen LogP contribution in [0, 0.1) is 0 Å². The Balaban J connectivity index is 2.55. The Morgan fingerprint density at radius 1 is 0.958 bits per heavy atom. The highest BCUT2D eigenvalue weighted by Crippen LogP contribution is 2.22. The number of hydrogen-bond donors (Lipinski definition) is 8. The summed E-state index contributed by atoms with van der Waals surface area (Å²) in [4.78, 5) is 7.96. The molecule has 8 N–H and O–H groups in total. The second-order valence-electron chi connectivity index (χ2n) is 5.68. The van der Waals surface area contributed by atoms with Crippen LogP contribution in [0.3, 0.4) is 0 Å². The molecule has 2 unspecified atom stereocenters. The topological polar surface area (TPSA) is 188 Å². The fourth-order valence-corrected chi connectivity index (χ4v) is 2.02. The molecule has 10 heteroatoms. The van der Waals surface area contributed by atoms with Gasteiger partial charge in [-0.2, -0.15) is 0 Å². The van der Waals surface area contributed by atoms with Crippen molar-refractivity contribution in [1.29, 1.82) is 0 Å². The number of aliphatic hydroxyl groups is 8. The molecule has 1 aromatic heterocycles. The molecule has 0 aliphatic rings. The van der Waals surface area contributed by atoms with Crippen molar-refractivity contribution in [2.45, 2.75) is 56.1 Å². The molecular formula is C14H24N2O8. The molecule has 0 aromatic carbocycles. The summed E-state index contributed by atoms with van der Waals surface area (Å²) in [6.45, 7) is -0.536. The molecule has 0 fully saturated rings. The van der Waals surface area contributed by atoms with Gasteiger partial charge in [0.2, 0.25) is 0 Å². The maximum Gasteiger partial charge on any atom is 0.275 e. The minimum Gasteiger partial charge on any atom is -0.396 e. The predicted octanol–water partition coefficient (Wildman–Crippen LogP) is -2.72. The number of aliphatic hydroxyl groups excluding tert-OH is 3. The number of rotatable bonds is 10. The van der Waals surface area contributed by atoms with E-state index < -0.39 is 43.4 Å². The van der Waals surface area contributed by atoms with Crippen LogP contribution in [0.1, 0.15) is 43.2 Å². The molecule has 1 aromatic rings. The lowest BCUT2D eigenvalue weighted by Crippen LogP contribution is -2.43. The van der Waals surface area contributed by atoms with Crippen LogP contribution in [0.4, 0.5) is 0 Å². The molecule has 0 amide bonds. The molecule has 0 saturated heterocycles. The molecule has 0 aliphatic heterocycles. The summed E-state index contributed by atoms with van der Waals surface area (Å²) in [6, 6.07) is 0. The molecule has 1 rings (SSSR count). The third kappa shape index (κ3) is 7.11. The fraction of sp³-hybridized carbons (Fsp3) is 0.714. The summed E-state index contributed by atoms with van der Waals surface area (Å²) in [5, 5.41) is 73.7. The van der Waals surface area contributed by atoms with Gasteiger partial charge in [-0.15, -0.1) is 0 Å². The monoisotopic (exact) mass is 348 g/mol. The summed E-state index contributed by atoms with van der Waals surface area (Å²) in [7, 11) is 0. The Morgan fingerprint density at radius 2 is 1.62 bits per heavy atom. The first-order valence-electron chi connectivity index (χ1n) is 7.45. The zero-order valence-electron chi connectivity index (χ0n) is 13.0. The van der Waals surface area contributed by atoms with Crippen LogP contribution in [0.15, 0.2) is 12.4 Å². The molecular weight excluding hydrogens is 324 g/mol. The van der Waals surface area contributed by atoms with Gasteiger partial charge in [0.1, 0.15) is 12.2 Å². The molecule has 2 atom stereocenters. The average molecular weight is 348 g/mol. The van der Waals surface area contributed by atoms with E-state index in [9.17, 15) is 20.4 Å². The molecule has 0 saturated carbocycles. The van der Waals surface area contributed by atoms with Crippen molar-refractivity contribution < 1.29 is 40.9 Å². The lowest BCUT2D eigenvalue weighted by Gasteiger charge is -2.28. The Bertz CT molecular complexity index is 489. The van der Waals surface area contributed by atoms with Gasteiger partial charge in [-0.25, -0.2) is 0 Å². The lowest BCUT2D eigenvalue weighted by atomic mass is 9.99. The zero-order chi connectivity index (χ0) is 18.4. The summed E-state index contributed by atoms with van der Waals surface area (Å²) < 4.78 is 0. The Morgan fingerprint density at radius 3 is 2.12 bits per heavy atom. The quantitative estimate of drug-likeness (QED) is 0.206. The Labute approximate surface area is 138 Å². The summed E-state index contributed by atoms with van der Waals surface area (Å²) in [6.07, 6.45) is -0.953. The standard InChI is InChI=1S/C14H24N2O8/c17-5-4-13(20,21)12(19)6-11(18)10-8-15-9(7-16-10)2-1-3-14(22,23)24/h7-8,11-12,17-24H,1-6H2. The van der Waals surface area contributed by atoms with E-state index in [0.717, 1.165) is 0 Å². The van der Waals surface area contributed by atoms with E-state index in [1.807, 2.05) is 0 Å². The fourth-order valence-electron chi connectivity index (χ4n) is 2.02. The zero-order valence-corrected chi connectivity index (χ0v) is 13.0. The predicted molar refractivity (Wildman–Crippen MR) is 78.8 cm³/mol. The summed E-state index contributed by atoms with van der Waals surface area (Å²) in [5.74, 6) is -5.25. The summed E-state index contributed by atoms with van der Waals surface area (Å²) >= 11 is 0. The van der Waals surface area contributed by atoms with Crippen molar-refractivity contribution >= 4 is 0 Å². The third-order valence-corrected chi connectivity index (χ3v) is 3.47. The van der Waals surface area contributed by atoms with Crippen LogP contribution in [-0.2, 0) is 6.42 Å². The van der Waals surface area contributed by atoms with E-state index in [-0.39, 0.29) is 18.5 Å². The molecule has 0 radical (unpaired) electrons. The molecule has 0 spiro atoms. The van der Waals surface area contributed by atoms with Gasteiger partial charge in [0.05, 0.1) is 17.6 Å². The van der Waals surface area contributed by atoms with Crippen LogP contribution < -0.4 is 0 Å². The molecule has 0 aliphatic carbocycles. The molecule has 1 heterocycles. The maximum absolute atomic E-state index is 9.95. The van der Waals surface area contributed by atoms with Gasteiger partial charge in [-0.05, 0) is 12.8 Å². The van der Waals surface area contributed by atoms with Crippen LogP contribution >= 0.6 is 0 Å². The molecule has 0 bridgehead atoms. The normalized spacial score (nSPS) is 15.3. The van der Waals surface area contributed by atoms with Crippen molar-refractivity contribution in [3.8, 4) is 0 Å². The molecule has 10 nitrogen and oxygen atoms in total. The highest BCUT2D eigenvalue weighted by Gasteiger charge is 2.34. The Hall–Kier alpha value is -1.24. The van der Waals surface area contributed by atoms with Crippen LogP contribution in [0.5, 0.6) is 0 Å². The van der Waals surface area contributed by atoms with Gasteiger partial charge in [-0.3, -0.25) is 9.97 Å². The van der Waals surface area contributed by atoms with Crippen molar-refractivity contribution in [2.24, 2.45) is 0 Å². The highest BCUT2D eigenvalue weighted by atomic mass is 16.7. The van der Waals surface area contributed by atoms with E-state index >= 15 is 0 Å². The van der Waals surface area contributed by atoms with Crippen LogP contribution in [0.2, 0.25) is 0 Å². The largest absolute Gasteiger partial charge is 0.396 e. The van der Waals surface area contributed by atoms with Crippen molar-refractivity contribution in [3.05, 3.63) is 23.8 Å². The van der Waals surface area contributed by atoms with Crippen LogP contribution in [0.25, 0.3) is 0 Å². The van der Waals surface area contributed by atoms with Gasteiger partial charge in [0.15, 0.2) is 5.79 Å². The number of aryl methyl sites for hydroxylation is 1. The SMILES string of the molecule is OCCC(O)(O)C(O)CC(O)c1cnc(CCCC(O)(O)O)cn1. The summed E-state index contributed by atoms with van der Waals surface area (Å²) in [5.41, 5.74) is 0.605. The first-order chi connectivity index (χ1) is 11.0. The van der Waals surface area contributed by atoms with Crippen molar-refractivity contribution in [2.75, 3.05) is 6.61 Å². The van der Waals surface area contributed by atoms with E-state index in [1.54, 1.807) is 0 Å². The van der Waals surface area contributed by atoms with Gasteiger partial charge < -0.3 is 40.9 Å². The second kappa shape index (κ2) is 8.74. The third-order valence-electron chi connectivity index (χ3n) is 3.47. The number of hydrogen-bond acceptors (Lipinski definition) is 10. The van der Waals surface area contributed by atoms with E-state index in [2.05, 4.69) is 9.97 Å². The van der Waals surface area contributed by atoms with Gasteiger partial charge >= 0.3 is 0 Å². The van der Waals surface area contributed by atoms with Crippen LogP contribution in [-0.4, -0.2) is 75.3 Å². The maximum atomic E-state index is 9.95. The lowest BCUT2D eigenvalue weighted by molar-refractivity contribution is -0.314. The average Bonchev–Trinajstić information content (AvgIpc) is 2.46. The van der Waals surface area contributed by atoms with Gasteiger partial charge in [0.25, 0.3) is 5.97 Å². The van der Waals surface area contributed by atoms with Gasteiger partial charge in [-0.1, -0.05) is 0 Å². The first-order valence-corrected chi connectivity index (χ1v) is 7.45. The van der Waals surface area contributed by atoms with E-state index in [4.69, 9.17) is 20.4 Å². The number of nitrogens with zero attached hydrogens (tertiary/aromatic N) is 2. The first kappa shape index (κ1) is 20.8. The molecule has 24 heavy (non-hydrogen) atoms. The second-order valence-corrected chi connectivity index (χ2v) is 5.68.